The van der Waals surface area contributed by atoms with Gasteiger partial charge in [0, 0.05) is 4.88 Å². The van der Waals surface area contributed by atoms with E-state index in [0.29, 0.717) is 16.5 Å². The van der Waals surface area contributed by atoms with Gasteiger partial charge in [-0.25, -0.2) is 8.42 Å². The maximum Gasteiger partial charge on any atom is 0.279 e. The number of thiophene rings is 1. The van der Waals surface area contributed by atoms with Gasteiger partial charge in [0.1, 0.15) is 6.54 Å². The van der Waals surface area contributed by atoms with E-state index < -0.39 is 28.4 Å². The molecule has 0 radical (unpaired) electrons. The van der Waals surface area contributed by atoms with Crippen molar-refractivity contribution in [2.24, 2.45) is 5.92 Å². The molecule has 1 aliphatic carbocycles. The molecular formula is C20H25N3O4S2. The molecule has 1 aromatic heterocycles. The molecule has 2 amide bonds. The topological polar surface area (TPSA) is 95.6 Å². The van der Waals surface area contributed by atoms with Crippen LogP contribution in [0, 0.1) is 12.8 Å². The van der Waals surface area contributed by atoms with E-state index in [4.69, 9.17) is 0 Å². The summed E-state index contributed by atoms with van der Waals surface area (Å²) in [6.45, 7) is 3.54. The van der Waals surface area contributed by atoms with Crippen LogP contribution in [0.2, 0.25) is 0 Å². The van der Waals surface area contributed by atoms with Crippen molar-refractivity contribution in [3.8, 4) is 0 Å². The van der Waals surface area contributed by atoms with Crippen molar-refractivity contribution in [2.75, 3.05) is 17.1 Å². The number of benzene rings is 1. The largest absolute Gasteiger partial charge is 0.279 e. The van der Waals surface area contributed by atoms with Crippen LogP contribution in [0.15, 0.2) is 30.3 Å². The summed E-state index contributed by atoms with van der Waals surface area (Å²) in [5.41, 5.74) is 7.08. The van der Waals surface area contributed by atoms with E-state index >= 15 is 0 Å². The van der Waals surface area contributed by atoms with Crippen molar-refractivity contribution in [1.29, 1.82) is 0 Å². The number of para-hydroxylation sites is 1. The third-order valence-corrected chi connectivity index (χ3v) is 7.30. The fourth-order valence-corrected chi connectivity index (χ4v) is 5.42. The summed E-state index contributed by atoms with van der Waals surface area (Å²) in [5.74, 6) is -0.412. The van der Waals surface area contributed by atoms with Crippen molar-refractivity contribution in [3.63, 3.8) is 0 Å². The number of carbonyl (C=O) groups excluding carboxylic acids is 2. The molecule has 7 nitrogen and oxygen atoms in total. The maximum atomic E-state index is 12.4. The summed E-state index contributed by atoms with van der Waals surface area (Å²) >= 11 is 1.44. The molecule has 0 spiro atoms. The molecule has 156 valence electrons. The van der Waals surface area contributed by atoms with E-state index in [9.17, 15) is 18.0 Å². The lowest BCUT2D eigenvalue weighted by Crippen LogP contribution is -2.47. The van der Waals surface area contributed by atoms with E-state index in [1.54, 1.807) is 31.2 Å². The minimum atomic E-state index is -3.67. The lowest BCUT2D eigenvalue weighted by Gasteiger charge is -2.23. The summed E-state index contributed by atoms with van der Waals surface area (Å²) < 4.78 is 25.4. The number of hydrazine groups is 1. The van der Waals surface area contributed by atoms with Crippen LogP contribution in [0.4, 0.5) is 5.69 Å². The number of hydrogen-bond donors (Lipinski definition) is 2. The molecule has 0 saturated heterocycles. The Bertz CT molecular complexity index is 1030. The second-order valence-corrected chi connectivity index (χ2v) is 10.5. The first-order valence-electron chi connectivity index (χ1n) is 9.39. The Morgan fingerprint density at radius 1 is 1.24 bits per heavy atom. The molecule has 1 unspecified atom stereocenters. The number of sulfonamides is 1. The summed E-state index contributed by atoms with van der Waals surface area (Å²) in [7, 11) is -3.67. The quantitative estimate of drug-likeness (QED) is 0.705. The predicted octanol–water partition coefficient (Wildman–Crippen LogP) is 2.41. The third kappa shape index (κ3) is 5.16. The molecule has 29 heavy (non-hydrogen) atoms. The maximum absolute atomic E-state index is 12.4. The molecular weight excluding hydrogens is 410 g/mol. The monoisotopic (exact) mass is 435 g/mol. The van der Waals surface area contributed by atoms with E-state index in [1.807, 2.05) is 6.07 Å². The first-order valence-corrected chi connectivity index (χ1v) is 12.1. The molecule has 9 heteroatoms. The number of amides is 2. The van der Waals surface area contributed by atoms with Crippen molar-refractivity contribution < 1.29 is 18.0 Å². The summed E-state index contributed by atoms with van der Waals surface area (Å²) in [4.78, 5) is 26.5. The van der Waals surface area contributed by atoms with Crippen LogP contribution in [0.5, 0.6) is 0 Å². The van der Waals surface area contributed by atoms with Crippen LogP contribution in [-0.4, -0.2) is 33.0 Å². The normalized spacial score (nSPS) is 16.0. The number of rotatable bonds is 5. The molecule has 0 saturated carbocycles. The number of anilines is 1. The molecule has 0 bridgehead atoms. The van der Waals surface area contributed by atoms with Gasteiger partial charge in [-0.3, -0.25) is 24.7 Å². The van der Waals surface area contributed by atoms with Gasteiger partial charge in [0.15, 0.2) is 0 Å². The Balaban J connectivity index is 1.64. The lowest BCUT2D eigenvalue weighted by molar-refractivity contribution is -0.120. The van der Waals surface area contributed by atoms with E-state index in [0.717, 1.165) is 35.4 Å². The fraction of sp³-hybridized carbons (Fsp3) is 0.400. The molecule has 3 rings (SSSR count). The van der Waals surface area contributed by atoms with Crippen LogP contribution < -0.4 is 15.2 Å². The zero-order valence-corrected chi connectivity index (χ0v) is 18.3. The second-order valence-electron chi connectivity index (χ2n) is 7.47. The van der Waals surface area contributed by atoms with Gasteiger partial charge in [0.25, 0.3) is 11.8 Å². The van der Waals surface area contributed by atoms with Crippen molar-refractivity contribution in [3.05, 3.63) is 51.2 Å². The van der Waals surface area contributed by atoms with Gasteiger partial charge >= 0.3 is 0 Å². The van der Waals surface area contributed by atoms with E-state index in [1.165, 1.54) is 21.8 Å². The predicted molar refractivity (Wildman–Crippen MR) is 114 cm³/mol. The Hall–Kier alpha value is -2.39. The van der Waals surface area contributed by atoms with Crippen LogP contribution in [0.3, 0.4) is 0 Å². The minimum Gasteiger partial charge on any atom is -0.271 e. The minimum absolute atomic E-state index is 0.396. The average Bonchev–Trinajstić information content (AvgIpc) is 3.07. The number of carbonyl (C=O) groups is 2. The highest BCUT2D eigenvalue weighted by Gasteiger charge is 2.23. The van der Waals surface area contributed by atoms with Gasteiger partial charge in [-0.2, -0.15) is 0 Å². The molecule has 1 atom stereocenters. The first-order chi connectivity index (χ1) is 13.6. The van der Waals surface area contributed by atoms with E-state index in [2.05, 4.69) is 17.8 Å². The molecule has 2 aromatic rings. The SMILES string of the molecule is Cc1ccccc1N(CC(=O)NNC(=O)c1cc2c(s1)CCC(C)C2)S(C)(=O)=O. The van der Waals surface area contributed by atoms with Crippen LogP contribution in [-0.2, 0) is 27.7 Å². The van der Waals surface area contributed by atoms with Crippen molar-refractivity contribution in [2.45, 2.75) is 33.1 Å². The molecule has 1 aliphatic rings. The molecule has 1 heterocycles. The second kappa shape index (κ2) is 8.54. The molecule has 1 aromatic carbocycles. The van der Waals surface area contributed by atoms with Gasteiger partial charge < -0.3 is 0 Å². The van der Waals surface area contributed by atoms with Gasteiger partial charge in [-0.1, -0.05) is 25.1 Å². The molecule has 0 aliphatic heterocycles. The zero-order chi connectivity index (χ0) is 21.2. The Morgan fingerprint density at radius 2 is 1.97 bits per heavy atom. The number of hydrogen-bond acceptors (Lipinski definition) is 5. The number of aryl methyl sites for hydroxylation is 2. The number of fused-ring (bicyclic) bond motifs is 1. The Morgan fingerprint density at radius 3 is 2.66 bits per heavy atom. The fourth-order valence-electron chi connectivity index (χ4n) is 3.40. The standard InChI is InChI=1S/C20H25N3O4S2/c1-13-8-9-17-15(10-13)11-18(28-17)20(25)22-21-19(24)12-23(29(3,26)27)16-7-5-4-6-14(16)2/h4-7,11,13H,8-10,12H2,1-3H3,(H,21,24)(H,22,25). The summed E-state index contributed by atoms with van der Waals surface area (Å²) in [6.07, 6.45) is 4.10. The van der Waals surface area contributed by atoms with Gasteiger partial charge in [-0.15, -0.1) is 11.3 Å². The zero-order valence-electron chi connectivity index (χ0n) is 16.7. The van der Waals surface area contributed by atoms with Gasteiger partial charge in [-0.05, 0) is 55.4 Å². The highest BCUT2D eigenvalue weighted by atomic mass is 32.2. The van der Waals surface area contributed by atoms with Crippen molar-refractivity contribution in [1.82, 2.24) is 10.9 Å². The Kier molecular flexibility index (Phi) is 6.28. The van der Waals surface area contributed by atoms with Gasteiger partial charge in [0.2, 0.25) is 10.0 Å². The number of nitrogens with zero attached hydrogens (tertiary/aromatic N) is 1. The summed E-state index contributed by atoms with van der Waals surface area (Å²) in [6, 6.07) is 8.79. The Labute approximate surface area is 175 Å². The third-order valence-electron chi connectivity index (χ3n) is 4.94. The first kappa shape index (κ1) is 21.3. The number of nitrogens with one attached hydrogen (secondary N) is 2. The molecule has 0 fully saturated rings. The van der Waals surface area contributed by atoms with Crippen LogP contribution in [0.25, 0.3) is 0 Å². The average molecular weight is 436 g/mol. The van der Waals surface area contributed by atoms with Crippen LogP contribution in [0.1, 0.15) is 39.0 Å². The molecule has 2 N–H and O–H groups in total. The highest BCUT2D eigenvalue weighted by molar-refractivity contribution is 7.92. The van der Waals surface area contributed by atoms with Gasteiger partial charge in [0.05, 0.1) is 16.8 Å². The van der Waals surface area contributed by atoms with Crippen molar-refractivity contribution >= 4 is 38.9 Å². The van der Waals surface area contributed by atoms with Crippen LogP contribution >= 0.6 is 11.3 Å². The van der Waals surface area contributed by atoms with E-state index in [-0.39, 0.29) is 0 Å². The highest BCUT2D eigenvalue weighted by Crippen LogP contribution is 2.32. The smallest absolute Gasteiger partial charge is 0.271 e. The summed E-state index contributed by atoms with van der Waals surface area (Å²) in [5, 5.41) is 0. The lowest BCUT2D eigenvalue weighted by atomic mass is 9.90.